The van der Waals surface area contributed by atoms with Gasteiger partial charge >= 0.3 is 0 Å². The Hall–Kier alpha value is -0.930. The van der Waals surface area contributed by atoms with E-state index in [1.165, 1.54) is 5.56 Å². The molecule has 1 aromatic rings. The fourth-order valence-electron chi connectivity index (χ4n) is 1.98. The van der Waals surface area contributed by atoms with E-state index in [-0.39, 0.29) is 0 Å². The van der Waals surface area contributed by atoms with Crippen LogP contribution in [0.3, 0.4) is 0 Å². The van der Waals surface area contributed by atoms with Crippen LogP contribution in [0, 0.1) is 5.92 Å². The Bertz CT molecular complexity index is 284. The van der Waals surface area contributed by atoms with Gasteiger partial charge in [0.2, 0.25) is 0 Å². The van der Waals surface area contributed by atoms with E-state index in [1.807, 2.05) is 12.4 Å². The highest BCUT2D eigenvalue weighted by atomic mass is 15.1. The molecule has 0 saturated carbocycles. The van der Waals surface area contributed by atoms with Crippen molar-refractivity contribution in [3.8, 4) is 0 Å². The molecule has 0 aliphatic carbocycles. The fourth-order valence-corrected chi connectivity index (χ4v) is 1.98. The average molecular weight is 221 g/mol. The maximum absolute atomic E-state index is 5.79. The van der Waals surface area contributed by atoms with Crippen LogP contribution in [0.5, 0.6) is 0 Å². The van der Waals surface area contributed by atoms with Crippen LogP contribution < -0.4 is 5.73 Å². The summed E-state index contributed by atoms with van der Waals surface area (Å²) in [5.41, 5.74) is 7.13. The largest absolute Gasteiger partial charge is 0.329 e. The maximum Gasteiger partial charge on any atom is 0.0270 e. The molecular formula is C13H23N3. The molecular weight excluding hydrogens is 198 g/mol. The van der Waals surface area contributed by atoms with Crippen LogP contribution in [-0.4, -0.2) is 36.1 Å². The second kappa shape index (κ2) is 6.61. The number of aromatic nitrogens is 1. The molecule has 0 aliphatic heterocycles. The molecule has 3 nitrogen and oxygen atoms in total. The van der Waals surface area contributed by atoms with Gasteiger partial charge in [-0.15, -0.1) is 0 Å². The molecule has 1 unspecified atom stereocenters. The highest BCUT2D eigenvalue weighted by Gasteiger charge is 2.16. The van der Waals surface area contributed by atoms with Crippen molar-refractivity contribution in [2.45, 2.75) is 26.3 Å². The fraction of sp³-hybridized carbons (Fsp3) is 0.615. The number of nitrogens with zero attached hydrogens (tertiary/aromatic N) is 2. The van der Waals surface area contributed by atoms with Gasteiger partial charge in [-0.25, -0.2) is 0 Å². The van der Waals surface area contributed by atoms with Crippen molar-refractivity contribution in [2.75, 3.05) is 20.1 Å². The lowest BCUT2D eigenvalue weighted by atomic mass is 10.0. The predicted molar refractivity (Wildman–Crippen MR) is 68.3 cm³/mol. The molecule has 0 spiro atoms. The van der Waals surface area contributed by atoms with E-state index in [0.29, 0.717) is 12.0 Å². The van der Waals surface area contributed by atoms with Crippen LogP contribution in [0.4, 0.5) is 0 Å². The number of hydrogen-bond acceptors (Lipinski definition) is 3. The Labute approximate surface area is 98.7 Å². The normalized spacial score (nSPS) is 13.4. The third-order valence-corrected chi connectivity index (χ3v) is 3.08. The molecule has 1 heterocycles. The smallest absolute Gasteiger partial charge is 0.0270 e. The van der Waals surface area contributed by atoms with Crippen LogP contribution in [0.15, 0.2) is 24.5 Å². The minimum absolute atomic E-state index is 0.474. The Balaban J connectivity index is 2.43. The van der Waals surface area contributed by atoms with Gasteiger partial charge in [0.05, 0.1) is 0 Å². The molecule has 0 saturated heterocycles. The summed E-state index contributed by atoms with van der Waals surface area (Å²) in [4.78, 5) is 6.37. The van der Waals surface area contributed by atoms with Gasteiger partial charge in [0.1, 0.15) is 0 Å². The van der Waals surface area contributed by atoms with Crippen molar-refractivity contribution in [1.29, 1.82) is 0 Å². The molecule has 0 amide bonds. The third-order valence-electron chi connectivity index (χ3n) is 3.08. The van der Waals surface area contributed by atoms with E-state index in [9.17, 15) is 0 Å². The predicted octanol–water partition coefficient (Wildman–Crippen LogP) is 1.54. The Morgan fingerprint density at radius 2 is 1.94 bits per heavy atom. The number of rotatable bonds is 6. The standard InChI is InChI=1S/C13H23N3/c1-11(2)13(10-14)16(3)9-6-12-4-7-15-8-5-12/h4-5,7-8,11,13H,6,9-10,14H2,1-3H3. The molecule has 0 aromatic carbocycles. The van der Waals surface area contributed by atoms with Gasteiger partial charge in [-0.1, -0.05) is 13.8 Å². The van der Waals surface area contributed by atoms with Gasteiger partial charge in [-0.05, 0) is 37.1 Å². The Morgan fingerprint density at radius 1 is 1.31 bits per heavy atom. The van der Waals surface area contributed by atoms with Gasteiger partial charge in [0.15, 0.2) is 0 Å². The maximum atomic E-state index is 5.79. The number of nitrogens with two attached hydrogens (primary N) is 1. The minimum atomic E-state index is 0.474. The van der Waals surface area contributed by atoms with E-state index in [4.69, 9.17) is 5.73 Å². The second-order valence-corrected chi connectivity index (χ2v) is 4.63. The molecule has 0 bridgehead atoms. The topological polar surface area (TPSA) is 42.1 Å². The summed E-state index contributed by atoms with van der Waals surface area (Å²) in [6, 6.07) is 4.61. The second-order valence-electron chi connectivity index (χ2n) is 4.63. The molecule has 0 radical (unpaired) electrons. The first-order valence-corrected chi connectivity index (χ1v) is 5.94. The van der Waals surface area contributed by atoms with Crippen molar-refractivity contribution in [2.24, 2.45) is 11.7 Å². The molecule has 16 heavy (non-hydrogen) atoms. The van der Waals surface area contributed by atoms with Crippen molar-refractivity contribution in [3.63, 3.8) is 0 Å². The summed E-state index contributed by atoms with van der Waals surface area (Å²) in [7, 11) is 2.15. The lowest BCUT2D eigenvalue weighted by Gasteiger charge is -2.30. The molecule has 0 fully saturated rings. The van der Waals surface area contributed by atoms with Crippen molar-refractivity contribution >= 4 is 0 Å². The summed E-state index contributed by atoms with van der Waals surface area (Å²) < 4.78 is 0. The molecule has 0 aliphatic rings. The summed E-state index contributed by atoms with van der Waals surface area (Å²) in [5.74, 6) is 0.604. The minimum Gasteiger partial charge on any atom is -0.329 e. The van der Waals surface area contributed by atoms with Crippen LogP contribution in [-0.2, 0) is 6.42 Å². The van der Waals surface area contributed by atoms with E-state index in [1.54, 1.807) is 0 Å². The van der Waals surface area contributed by atoms with Crippen molar-refractivity contribution in [1.82, 2.24) is 9.88 Å². The lowest BCUT2D eigenvalue weighted by molar-refractivity contribution is 0.199. The van der Waals surface area contributed by atoms with E-state index in [0.717, 1.165) is 19.5 Å². The van der Waals surface area contributed by atoms with Crippen molar-refractivity contribution < 1.29 is 0 Å². The summed E-state index contributed by atoms with van der Waals surface area (Å²) in [6.07, 6.45) is 4.75. The van der Waals surface area contributed by atoms with Gasteiger partial charge in [0.25, 0.3) is 0 Å². The van der Waals surface area contributed by atoms with Gasteiger partial charge in [-0.2, -0.15) is 0 Å². The van der Waals surface area contributed by atoms with Gasteiger partial charge < -0.3 is 10.6 Å². The first-order chi connectivity index (χ1) is 7.65. The molecule has 2 N–H and O–H groups in total. The lowest BCUT2D eigenvalue weighted by Crippen LogP contribution is -2.42. The first kappa shape index (κ1) is 13.1. The molecule has 3 heteroatoms. The van der Waals surface area contributed by atoms with Crippen LogP contribution >= 0.6 is 0 Å². The number of likely N-dealkylation sites (N-methyl/N-ethyl adjacent to an activating group) is 1. The number of pyridine rings is 1. The summed E-state index contributed by atoms with van der Waals surface area (Å²) in [5, 5.41) is 0. The van der Waals surface area contributed by atoms with E-state index >= 15 is 0 Å². The van der Waals surface area contributed by atoms with Crippen LogP contribution in [0.25, 0.3) is 0 Å². The summed E-state index contributed by atoms with van der Waals surface area (Å²) >= 11 is 0. The van der Waals surface area contributed by atoms with Crippen molar-refractivity contribution in [3.05, 3.63) is 30.1 Å². The zero-order valence-corrected chi connectivity index (χ0v) is 10.6. The Morgan fingerprint density at radius 3 is 2.44 bits per heavy atom. The molecule has 1 atom stereocenters. The number of hydrogen-bond donors (Lipinski definition) is 1. The molecule has 1 rings (SSSR count). The SMILES string of the molecule is CC(C)C(CN)N(C)CCc1ccncc1. The van der Waals surface area contributed by atoms with E-state index < -0.39 is 0 Å². The highest BCUT2D eigenvalue weighted by Crippen LogP contribution is 2.08. The zero-order valence-electron chi connectivity index (χ0n) is 10.6. The van der Waals surface area contributed by atoms with Gasteiger partial charge in [0, 0.05) is 31.5 Å². The van der Waals surface area contributed by atoms with Crippen LogP contribution in [0.1, 0.15) is 19.4 Å². The monoisotopic (exact) mass is 221 g/mol. The van der Waals surface area contributed by atoms with E-state index in [2.05, 4.69) is 42.9 Å². The van der Waals surface area contributed by atoms with Gasteiger partial charge in [-0.3, -0.25) is 4.98 Å². The van der Waals surface area contributed by atoms with Crippen LogP contribution in [0.2, 0.25) is 0 Å². The Kier molecular flexibility index (Phi) is 5.43. The average Bonchev–Trinajstić information content (AvgIpc) is 2.28. The zero-order chi connectivity index (χ0) is 12.0. The molecule has 1 aromatic heterocycles. The summed E-state index contributed by atoms with van der Waals surface area (Å²) in [6.45, 7) is 6.22. The first-order valence-electron chi connectivity index (χ1n) is 5.94. The highest BCUT2D eigenvalue weighted by molar-refractivity contribution is 5.09. The third kappa shape index (κ3) is 3.91. The molecule has 90 valence electrons. The quantitative estimate of drug-likeness (QED) is 0.792.